The summed E-state index contributed by atoms with van der Waals surface area (Å²) in [6.45, 7) is 3.64. The van der Waals surface area contributed by atoms with E-state index in [9.17, 15) is 18.0 Å². The van der Waals surface area contributed by atoms with Gasteiger partial charge in [0.2, 0.25) is 5.88 Å². The number of morpholine rings is 1. The van der Waals surface area contributed by atoms with Crippen LogP contribution in [0.25, 0.3) is 0 Å². The number of hydrogen-bond donors (Lipinski definition) is 0. The minimum absolute atomic E-state index is 0.0321. The summed E-state index contributed by atoms with van der Waals surface area (Å²) in [5.74, 6) is 0.242. The fraction of sp³-hybridized carbons (Fsp3) is 0.280. The molecule has 0 radical (unpaired) electrons. The average molecular weight is 471 g/mol. The highest BCUT2D eigenvalue weighted by Crippen LogP contribution is 2.30. The van der Waals surface area contributed by atoms with Crippen LogP contribution >= 0.6 is 0 Å². The molecule has 1 saturated heterocycles. The monoisotopic (exact) mass is 471 g/mol. The lowest BCUT2D eigenvalue weighted by Gasteiger charge is -2.29. The molecule has 0 unspecified atom stereocenters. The van der Waals surface area contributed by atoms with Gasteiger partial charge in [-0.2, -0.15) is 13.2 Å². The molecule has 34 heavy (non-hydrogen) atoms. The standard InChI is InChI=1S/C25H24F3N3O3/c1-30(17-18-2-7-21(8-3-18)31-12-14-33-15-13-31)24(32)19-4-9-22(10-5-19)34-23-11-6-20(16-29-23)25(26,27)28/h2-11,16H,12-15,17H2,1H3. The highest BCUT2D eigenvalue weighted by Gasteiger charge is 2.30. The third-order valence-electron chi connectivity index (χ3n) is 5.47. The Bertz CT molecular complexity index is 1100. The first-order chi connectivity index (χ1) is 16.3. The summed E-state index contributed by atoms with van der Waals surface area (Å²) in [4.78, 5) is 20.4. The van der Waals surface area contributed by atoms with E-state index < -0.39 is 11.7 Å². The number of carbonyl (C=O) groups excluding carboxylic acids is 1. The zero-order valence-electron chi connectivity index (χ0n) is 18.6. The third-order valence-corrected chi connectivity index (χ3v) is 5.47. The second-order valence-electron chi connectivity index (χ2n) is 7.94. The van der Waals surface area contributed by atoms with E-state index in [1.165, 1.54) is 0 Å². The van der Waals surface area contributed by atoms with Gasteiger partial charge in [-0.3, -0.25) is 4.79 Å². The molecular formula is C25H24F3N3O3. The molecule has 1 fully saturated rings. The Hall–Kier alpha value is -3.59. The SMILES string of the molecule is CN(Cc1ccc(N2CCOCC2)cc1)C(=O)c1ccc(Oc2ccc(C(F)(F)F)cn2)cc1. The summed E-state index contributed by atoms with van der Waals surface area (Å²) in [6.07, 6.45) is -3.74. The van der Waals surface area contributed by atoms with E-state index in [1.807, 2.05) is 12.1 Å². The van der Waals surface area contributed by atoms with Gasteiger partial charge >= 0.3 is 6.18 Å². The molecule has 1 aliphatic rings. The summed E-state index contributed by atoms with van der Waals surface area (Å²) in [6, 6.07) is 16.6. The Morgan fingerprint density at radius 2 is 1.71 bits per heavy atom. The minimum Gasteiger partial charge on any atom is -0.439 e. The minimum atomic E-state index is -4.45. The first-order valence-corrected chi connectivity index (χ1v) is 10.8. The molecule has 1 aromatic heterocycles. The molecule has 9 heteroatoms. The number of alkyl halides is 3. The Labute approximate surface area is 195 Å². The number of amides is 1. The van der Waals surface area contributed by atoms with Crippen LogP contribution in [-0.4, -0.2) is 49.1 Å². The quantitative estimate of drug-likeness (QED) is 0.507. The Morgan fingerprint density at radius 3 is 2.29 bits per heavy atom. The molecule has 6 nitrogen and oxygen atoms in total. The van der Waals surface area contributed by atoms with Gasteiger partial charge in [0, 0.05) is 50.2 Å². The lowest BCUT2D eigenvalue weighted by molar-refractivity contribution is -0.137. The van der Waals surface area contributed by atoms with Crippen molar-refractivity contribution in [2.45, 2.75) is 12.7 Å². The van der Waals surface area contributed by atoms with Crippen molar-refractivity contribution < 1.29 is 27.4 Å². The van der Waals surface area contributed by atoms with Crippen LogP contribution in [0.2, 0.25) is 0 Å². The second-order valence-corrected chi connectivity index (χ2v) is 7.94. The van der Waals surface area contributed by atoms with Crippen molar-refractivity contribution in [1.29, 1.82) is 0 Å². The molecule has 0 atom stereocenters. The zero-order chi connectivity index (χ0) is 24.1. The first-order valence-electron chi connectivity index (χ1n) is 10.8. The van der Waals surface area contributed by atoms with Gasteiger partial charge in [0.15, 0.2) is 0 Å². The maximum absolute atomic E-state index is 12.8. The predicted octanol–water partition coefficient (Wildman–Crippen LogP) is 5.00. The van der Waals surface area contributed by atoms with Crippen molar-refractivity contribution in [3.05, 3.63) is 83.6 Å². The topological polar surface area (TPSA) is 54.9 Å². The van der Waals surface area contributed by atoms with Gasteiger partial charge in [-0.25, -0.2) is 4.98 Å². The van der Waals surface area contributed by atoms with Crippen LogP contribution in [0.4, 0.5) is 18.9 Å². The summed E-state index contributed by atoms with van der Waals surface area (Å²) >= 11 is 0. The predicted molar refractivity (Wildman–Crippen MR) is 121 cm³/mol. The van der Waals surface area contributed by atoms with Crippen LogP contribution in [0.1, 0.15) is 21.5 Å². The lowest BCUT2D eigenvalue weighted by Crippen LogP contribution is -2.36. The van der Waals surface area contributed by atoms with Crippen LogP contribution < -0.4 is 9.64 Å². The van der Waals surface area contributed by atoms with Crippen molar-refractivity contribution >= 4 is 11.6 Å². The average Bonchev–Trinajstić information content (AvgIpc) is 2.85. The van der Waals surface area contributed by atoms with Gasteiger partial charge in [-0.05, 0) is 48.0 Å². The number of nitrogens with zero attached hydrogens (tertiary/aromatic N) is 3. The molecular weight excluding hydrogens is 447 g/mol. The number of anilines is 1. The highest BCUT2D eigenvalue weighted by molar-refractivity contribution is 5.94. The van der Waals surface area contributed by atoms with Crippen molar-refractivity contribution in [3.8, 4) is 11.6 Å². The molecule has 0 aliphatic carbocycles. The molecule has 1 aliphatic heterocycles. The molecule has 178 valence electrons. The summed E-state index contributed by atoms with van der Waals surface area (Å²) in [5.41, 5.74) is 1.78. The Kier molecular flexibility index (Phi) is 7.02. The number of carbonyl (C=O) groups is 1. The van der Waals surface area contributed by atoms with Gasteiger partial charge in [0.05, 0.1) is 18.8 Å². The number of ether oxygens (including phenoxy) is 2. The first kappa shape index (κ1) is 23.6. The molecule has 2 aromatic carbocycles. The van der Waals surface area contributed by atoms with Crippen molar-refractivity contribution in [2.24, 2.45) is 0 Å². The van der Waals surface area contributed by atoms with E-state index in [4.69, 9.17) is 9.47 Å². The zero-order valence-corrected chi connectivity index (χ0v) is 18.6. The molecule has 1 amide bonds. The fourth-order valence-electron chi connectivity index (χ4n) is 3.59. The van der Waals surface area contributed by atoms with Crippen LogP contribution in [-0.2, 0) is 17.5 Å². The highest BCUT2D eigenvalue weighted by atomic mass is 19.4. The molecule has 0 saturated carbocycles. The maximum atomic E-state index is 12.8. The number of rotatable bonds is 6. The number of aromatic nitrogens is 1. The van der Waals surface area contributed by atoms with E-state index in [1.54, 1.807) is 36.2 Å². The maximum Gasteiger partial charge on any atom is 0.417 e. The Morgan fingerprint density at radius 1 is 1.03 bits per heavy atom. The number of halogens is 3. The molecule has 0 bridgehead atoms. The van der Waals surface area contributed by atoms with Gasteiger partial charge in [-0.15, -0.1) is 0 Å². The van der Waals surface area contributed by atoms with E-state index in [-0.39, 0.29) is 11.8 Å². The molecule has 3 aromatic rings. The van der Waals surface area contributed by atoms with Crippen molar-refractivity contribution in [3.63, 3.8) is 0 Å². The largest absolute Gasteiger partial charge is 0.439 e. The van der Waals surface area contributed by atoms with Crippen molar-refractivity contribution in [1.82, 2.24) is 9.88 Å². The second kappa shape index (κ2) is 10.1. The smallest absolute Gasteiger partial charge is 0.417 e. The number of hydrogen-bond acceptors (Lipinski definition) is 5. The van der Waals surface area contributed by atoms with E-state index >= 15 is 0 Å². The summed E-state index contributed by atoms with van der Waals surface area (Å²) < 4.78 is 48.8. The van der Waals surface area contributed by atoms with Gasteiger partial charge < -0.3 is 19.3 Å². The molecule has 2 heterocycles. The van der Waals surface area contributed by atoms with Crippen LogP contribution in [0, 0.1) is 0 Å². The van der Waals surface area contributed by atoms with Crippen LogP contribution in [0.15, 0.2) is 66.9 Å². The normalized spacial score (nSPS) is 14.1. The summed E-state index contributed by atoms with van der Waals surface area (Å²) in [7, 11) is 1.73. The van der Waals surface area contributed by atoms with Gasteiger partial charge in [-0.1, -0.05) is 12.1 Å². The van der Waals surface area contributed by atoms with Gasteiger partial charge in [0.1, 0.15) is 5.75 Å². The number of benzene rings is 2. The lowest BCUT2D eigenvalue weighted by atomic mass is 10.1. The van der Waals surface area contributed by atoms with Crippen LogP contribution in [0.5, 0.6) is 11.6 Å². The molecule has 0 spiro atoms. The van der Waals surface area contributed by atoms with Crippen LogP contribution in [0.3, 0.4) is 0 Å². The van der Waals surface area contributed by atoms with Gasteiger partial charge in [0.25, 0.3) is 5.91 Å². The van der Waals surface area contributed by atoms with E-state index in [0.29, 0.717) is 17.9 Å². The van der Waals surface area contributed by atoms with Crippen molar-refractivity contribution in [2.75, 3.05) is 38.3 Å². The number of pyridine rings is 1. The third kappa shape index (κ3) is 5.85. The molecule has 4 rings (SSSR count). The van der Waals surface area contributed by atoms with E-state index in [0.717, 1.165) is 55.9 Å². The fourth-order valence-corrected chi connectivity index (χ4v) is 3.59. The Balaban J connectivity index is 1.33. The molecule has 0 N–H and O–H groups in total. The van der Waals surface area contributed by atoms with E-state index in [2.05, 4.69) is 22.0 Å². The summed E-state index contributed by atoms with van der Waals surface area (Å²) in [5, 5.41) is 0.